The van der Waals surface area contributed by atoms with Crippen LogP contribution < -0.4 is 5.32 Å². The maximum Gasteiger partial charge on any atom is 0.0207 e. The average Bonchev–Trinajstić information content (AvgIpc) is 2.79. The van der Waals surface area contributed by atoms with E-state index in [0.29, 0.717) is 6.04 Å². The normalized spacial score (nSPS) is 29.1. The topological polar surface area (TPSA) is 18.5 Å². The third-order valence-corrected chi connectivity index (χ3v) is 4.24. The number of rotatable bonds is 4. The molecule has 2 fully saturated rings. The minimum atomic E-state index is 0.711. The summed E-state index contributed by atoms with van der Waals surface area (Å²) < 4.78 is 0. The van der Waals surface area contributed by atoms with Crippen LogP contribution in [0.5, 0.6) is 0 Å². The molecule has 2 rings (SSSR count). The molecular weight excluding hydrogens is 198 g/mol. The number of hydrogen-bond donors (Lipinski definition) is 1. The van der Waals surface area contributed by atoms with Crippen molar-refractivity contribution in [3.05, 3.63) is 0 Å². The molecule has 1 aliphatic carbocycles. The molecule has 3 heteroatoms. The lowest BCUT2D eigenvalue weighted by Gasteiger charge is -2.33. The minimum absolute atomic E-state index is 0.711. The first kappa shape index (κ1) is 12.3. The summed E-state index contributed by atoms with van der Waals surface area (Å²) in [6.45, 7) is 4.85. The first-order chi connectivity index (χ1) is 7.75. The Bertz CT molecular complexity index is 199. The molecule has 0 aromatic rings. The minimum Gasteiger partial charge on any atom is -0.311 e. The van der Waals surface area contributed by atoms with Crippen molar-refractivity contribution in [2.24, 2.45) is 0 Å². The van der Waals surface area contributed by atoms with Gasteiger partial charge in [-0.1, -0.05) is 12.8 Å². The Morgan fingerprint density at radius 2 is 2.06 bits per heavy atom. The van der Waals surface area contributed by atoms with E-state index in [2.05, 4.69) is 29.2 Å². The van der Waals surface area contributed by atoms with E-state index < -0.39 is 0 Å². The van der Waals surface area contributed by atoms with Crippen LogP contribution in [0.3, 0.4) is 0 Å². The van der Waals surface area contributed by atoms with Gasteiger partial charge < -0.3 is 15.1 Å². The quantitative estimate of drug-likeness (QED) is 0.774. The first-order valence-electron chi connectivity index (χ1n) is 6.88. The van der Waals surface area contributed by atoms with Gasteiger partial charge in [0.05, 0.1) is 0 Å². The zero-order valence-corrected chi connectivity index (χ0v) is 10.9. The highest BCUT2D eigenvalue weighted by atomic mass is 15.2. The highest BCUT2D eigenvalue weighted by molar-refractivity contribution is 4.80. The predicted molar refractivity (Wildman–Crippen MR) is 68.8 cm³/mol. The van der Waals surface area contributed by atoms with Crippen LogP contribution in [0, 0.1) is 0 Å². The largest absolute Gasteiger partial charge is 0.311 e. The molecule has 0 amide bonds. The molecule has 3 nitrogen and oxygen atoms in total. The fourth-order valence-corrected chi connectivity index (χ4v) is 3.07. The van der Waals surface area contributed by atoms with Crippen LogP contribution >= 0.6 is 0 Å². The Kier molecular flexibility index (Phi) is 4.62. The molecule has 0 bridgehead atoms. The van der Waals surface area contributed by atoms with Crippen molar-refractivity contribution >= 4 is 0 Å². The number of piperazine rings is 1. The first-order valence-corrected chi connectivity index (χ1v) is 6.88. The second kappa shape index (κ2) is 5.99. The van der Waals surface area contributed by atoms with E-state index in [1.165, 1.54) is 51.7 Å². The van der Waals surface area contributed by atoms with Gasteiger partial charge in [-0.05, 0) is 39.9 Å². The van der Waals surface area contributed by atoms with Crippen molar-refractivity contribution in [2.45, 2.75) is 44.2 Å². The van der Waals surface area contributed by atoms with E-state index in [1.54, 1.807) is 0 Å². The van der Waals surface area contributed by atoms with E-state index >= 15 is 0 Å². The molecule has 0 aromatic heterocycles. The molecule has 1 aliphatic heterocycles. The zero-order valence-electron chi connectivity index (χ0n) is 10.9. The van der Waals surface area contributed by atoms with E-state index in [9.17, 15) is 0 Å². The van der Waals surface area contributed by atoms with Crippen LogP contribution in [0.2, 0.25) is 0 Å². The van der Waals surface area contributed by atoms with Crippen LogP contribution in [0.25, 0.3) is 0 Å². The zero-order chi connectivity index (χ0) is 11.4. The fraction of sp³-hybridized carbons (Fsp3) is 1.00. The fourth-order valence-electron chi connectivity index (χ4n) is 3.07. The van der Waals surface area contributed by atoms with Gasteiger partial charge in [-0.25, -0.2) is 0 Å². The molecule has 1 saturated heterocycles. The van der Waals surface area contributed by atoms with Gasteiger partial charge >= 0.3 is 0 Å². The van der Waals surface area contributed by atoms with E-state index in [0.717, 1.165) is 12.6 Å². The van der Waals surface area contributed by atoms with Crippen molar-refractivity contribution in [1.29, 1.82) is 0 Å². The Balaban J connectivity index is 1.65. The molecule has 1 saturated carbocycles. The second-order valence-corrected chi connectivity index (χ2v) is 5.62. The van der Waals surface area contributed by atoms with Crippen LogP contribution in [0.15, 0.2) is 0 Å². The van der Waals surface area contributed by atoms with Gasteiger partial charge in [-0.2, -0.15) is 0 Å². The Morgan fingerprint density at radius 3 is 2.75 bits per heavy atom. The summed E-state index contributed by atoms with van der Waals surface area (Å²) in [5, 5.41) is 3.63. The lowest BCUT2D eigenvalue weighted by molar-refractivity contribution is 0.193. The van der Waals surface area contributed by atoms with Gasteiger partial charge in [0.2, 0.25) is 0 Å². The van der Waals surface area contributed by atoms with Gasteiger partial charge in [-0.15, -0.1) is 0 Å². The Labute approximate surface area is 100 Å². The SMILES string of the molecule is CN1CCNC(CCN(C)C2CCCC2)C1. The second-order valence-electron chi connectivity index (χ2n) is 5.62. The lowest BCUT2D eigenvalue weighted by Crippen LogP contribution is -2.50. The summed E-state index contributed by atoms with van der Waals surface area (Å²) in [6.07, 6.45) is 7.04. The maximum absolute atomic E-state index is 3.63. The van der Waals surface area contributed by atoms with Crippen molar-refractivity contribution < 1.29 is 0 Å². The lowest BCUT2D eigenvalue weighted by atomic mass is 10.1. The maximum atomic E-state index is 3.63. The summed E-state index contributed by atoms with van der Waals surface area (Å²) in [5.41, 5.74) is 0. The number of nitrogens with one attached hydrogen (secondary N) is 1. The molecule has 1 atom stereocenters. The Morgan fingerprint density at radius 1 is 1.31 bits per heavy atom. The summed E-state index contributed by atoms with van der Waals surface area (Å²) in [7, 11) is 4.54. The van der Waals surface area contributed by atoms with Crippen LogP contribution in [-0.4, -0.2) is 62.2 Å². The Hall–Kier alpha value is -0.120. The van der Waals surface area contributed by atoms with Gasteiger partial charge in [-0.3, -0.25) is 0 Å². The van der Waals surface area contributed by atoms with Crippen LogP contribution in [0.4, 0.5) is 0 Å². The molecule has 0 radical (unpaired) electrons. The molecule has 1 N–H and O–H groups in total. The monoisotopic (exact) mass is 225 g/mol. The predicted octanol–water partition coefficient (Wildman–Crippen LogP) is 1.15. The molecule has 0 aromatic carbocycles. The van der Waals surface area contributed by atoms with Crippen molar-refractivity contribution in [1.82, 2.24) is 15.1 Å². The summed E-state index contributed by atoms with van der Waals surface area (Å²) in [4.78, 5) is 5.03. The highest BCUT2D eigenvalue weighted by Gasteiger charge is 2.21. The molecule has 94 valence electrons. The summed E-state index contributed by atoms with van der Waals surface area (Å²) in [5.74, 6) is 0. The van der Waals surface area contributed by atoms with E-state index in [-0.39, 0.29) is 0 Å². The van der Waals surface area contributed by atoms with Gasteiger partial charge in [0.15, 0.2) is 0 Å². The molecule has 1 unspecified atom stereocenters. The van der Waals surface area contributed by atoms with Gasteiger partial charge in [0.25, 0.3) is 0 Å². The third-order valence-electron chi connectivity index (χ3n) is 4.24. The number of nitrogens with zero attached hydrogens (tertiary/aromatic N) is 2. The van der Waals surface area contributed by atoms with E-state index in [1.807, 2.05) is 0 Å². The van der Waals surface area contributed by atoms with Gasteiger partial charge in [0, 0.05) is 31.7 Å². The van der Waals surface area contributed by atoms with Gasteiger partial charge in [0.1, 0.15) is 0 Å². The standard InChI is InChI=1S/C13H27N3/c1-15-10-8-14-12(11-15)7-9-16(2)13-5-3-4-6-13/h12-14H,3-11H2,1-2H3. The molecule has 0 spiro atoms. The van der Waals surface area contributed by atoms with Crippen LogP contribution in [0.1, 0.15) is 32.1 Å². The van der Waals surface area contributed by atoms with E-state index in [4.69, 9.17) is 0 Å². The van der Waals surface area contributed by atoms with Crippen molar-refractivity contribution in [2.75, 3.05) is 40.3 Å². The van der Waals surface area contributed by atoms with Crippen molar-refractivity contribution in [3.8, 4) is 0 Å². The third kappa shape index (κ3) is 3.44. The number of hydrogen-bond acceptors (Lipinski definition) is 3. The van der Waals surface area contributed by atoms with Crippen molar-refractivity contribution in [3.63, 3.8) is 0 Å². The molecule has 1 heterocycles. The summed E-state index contributed by atoms with van der Waals surface area (Å²) in [6, 6.07) is 1.59. The smallest absolute Gasteiger partial charge is 0.0207 e. The average molecular weight is 225 g/mol. The molecular formula is C13H27N3. The summed E-state index contributed by atoms with van der Waals surface area (Å²) >= 11 is 0. The highest BCUT2D eigenvalue weighted by Crippen LogP contribution is 2.22. The van der Waals surface area contributed by atoms with Crippen LogP contribution in [-0.2, 0) is 0 Å². The molecule has 16 heavy (non-hydrogen) atoms. The molecule has 2 aliphatic rings. The number of likely N-dealkylation sites (N-methyl/N-ethyl adjacent to an activating group) is 1.